The van der Waals surface area contributed by atoms with E-state index in [2.05, 4.69) is 15.6 Å². The Bertz CT molecular complexity index is 808. The van der Waals surface area contributed by atoms with Crippen molar-refractivity contribution in [1.82, 2.24) is 15.2 Å². The molecule has 0 spiro atoms. The lowest BCUT2D eigenvalue weighted by Crippen LogP contribution is -2.38. The summed E-state index contributed by atoms with van der Waals surface area (Å²) in [6.07, 6.45) is 2.34. The highest BCUT2D eigenvalue weighted by Gasteiger charge is 2.21. The average Bonchev–Trinajstić information content (AvgIpc) is 3.45. The summed E-state index contributed by atoms with van der Waals surface area (Å²) < 4.78 is 10.6. The Morgan fingerprint density at radius 2 is 2.13 bits per heavy atom. The molecule has 162 valence electrons. The number of hydrogen-bond donors (Lipinski definition) is 2. The fraction of sp³-hybridized carbons (Fsp3) is 0.476. The second-order valence-electron chi connectivity index (χ2n) is 7.00. The van der Waals surface area contributed by atoms with Crippen molar-refractivity contribution in [2.75, 3.05) is 45.3 Å². The van der Waals surface area contributed by atoms with E-state index < -0.39 is 0 Å². The molecule has 0 saturated carbocycles. The number of para-hydroxylation sites is 1. The number of aromatic nitrogens is 1. The summed E-state index contributed by atoms with van der Waals surface area (Å²) in [5, 5.41) is 8.45. The van der Waals surface area contributed by atoms with E-state index in [1.165, 1.54) is 11.3 Å². The first kappa shape index (κ1) is 22.2. The zero-order chi connectivity index (χ0) is 21.2. The summed E-state index contributed by atoms with van der Waals surface area (Å²) in [7, 11) is 1.59. The predicted molar refractivity (Wildman–Crippen MR) is 116 cm³/mol. The van der Waals surface area contributed by atoms with Gasteiger partial charge in [-0.3, -0.25) is 9.59 Å². The Balaban J connectivity index is 1.53. The molecule has 2 amide bonds. The van der Waals surface area contributed by atoms with Crippen molar-refractivity contribution >= 4 is 34.0 Å². The van der Waals surface area contributed by atoms with Crippen molar-refractivity contribution in [3.05, 3.63) is 41.4 Å². The lowest BCUT2D eigenvalue weighted by molar-refractivity contribution is -0.121. The van der Waals surface area contributed by atoms with E-state index in [9.17, 15) is 9.59 Å². The summed E-state index contributed by atoms with van der Waals surface area (Å²) >= 11 is 1.37. The number of ether oxygens (including phenoxy) is 2. The van der Waals surface area contributed by atoms with Gasteiger partial charge in [-0.15, -0.1) is 11.3 Å². The van der Waals surface area contributed by atoms with Crippen LogP contribution in [0.4, 0.5) is 10.8 Å². The van der Waals surface area contributed by atoms with Crippen molar-refractivity contribution in [3.8, 4) is 0 Å². The Morgan fingerprint density at radius 3 is 2.87 bits per heavy atom. The van der Waals surface area contributed by atoms with Crippen LogP contribution in [0.5, 0.6) is 0 Å². The number of benzene rings is 1. The number of anilines is 2. The van der Waals surface area contributed by atoms with Gasteiger partial charge < -0.3 is 25.0 Å². The highest BCUT2D eigenvalue weighted by molar-refractivity contribution is 7.14. The maximum atomic E-state index is 12.9. The lowest BCUT2D eigenvalue weighted by atomic mass is 10.2. The number of rotatable bonds is 11. The zero-order valence-electron chi connectivity index (χ0n) is 17.1. The van der Waals surface area contributed by atoms with Gasteiger partial charge in [-0.2, -0.15) is 0 Å². The molecular formula is C21H28N4O4S. The first-order chi connectivity index (χ1) is 14.7. The Kier molecular flexibility index (Phi) is 8.61. The molecule has 1 saturated heterocycles. The molecule has 1 fully saturated rings. The van der Waals surface area contributed by atoms with Gasteiger partial charge in [-0.25, -0.2) is 4.98 Å². The number of amides is 2. The van der Waals surface area contributed by atoms with Gasteiger partial charge in [0.2, 0.25) is 5.91 Å². The summed E-state index contributed by atoms with van der Waals surface area (Å²) in [4.78, 5) is 31.1. The van der Waals surface area contributed by atoms with Gasteiger partial charge in [-0.05, 0) is 25.0 Å². The van der Waals surface area contributed by atoms with E-state index in [1.807, 2.05) is 30.3 Å². The number of thiazole rings is 1. The van der Waals surface area contributed by atoms with Crippen LogP contribution in [0.25, 0.3) is 0 Å². The molecule has 1 unspecified atom stereocenters. The zero-order valence-corrected chi connectivity index (χ0v) is 18.0. The number of carbonyl (C=O) groups excluding carboxylic acids is 2. The molecule has 30 heavy (non-hydrogen) atoms. The summed E-state index contributed by atoms with van der Waals surface area (Å²) in [6, 6.07) is 9.66. The Morgan fingerprint density at radius 1 is 1.30 bits per heavy atom. The molecule has 2 N–H and O–H groups in total. The SMILES string of the molecule is COCCN(CCC(=O)NCC1CCCO1)C(=O)c1csc(Nc2ccccc2)n1. The summed E-state index contributed by atoms with van der Waals surface area (Å²) in [6.45, 7) is 2.37. The van der Waals surface area contributed by atoms with Crippen LogP contribution in [0.1, 0.15) is 29.8 Å². The fourth-order valence-corrected chi connectivity index (χ4v) is 3.82. The normalized spacial score (nSPS) is 15.7. The van der Waals surface area contributed by atoms with Gasteiger partial charge in [0.15, 0.2) is 5.13 Å². The molecule has 1 aliphatic rings. The van der Waals surface area contributed by atoms with Gasteiger partial charge in [0.1, 0.15) is 5.69 Å². The molecule has 1 aromatic carbocycles. The number of carbonyl (C=O) groups is 2. The molecule has 2 aromatic rings. The van der Waals surface area contributed by atoms with Crippen LogP contribution in [0, 0.1) is 0 Å². The summed E-state index contributed by atoms with van der Waals surface area (Å²) in [5.41, 5.74) is 1.26. The van der Waals surface area contributed by atoms with Gasteiger partial charge >= 0.3 is 0 Å². The highest BCUT2D eigenvalue weighted by Crippen LogP contribution is 2.21. The van der Waals surface area contributed by atoms with Crippen molar-refractivity contribution in [2.45, 2.75) is 25.4 Å². The standard InChI is InChI=1S/C21H28N4O4S/c1-28-13-11-25(10-9-19(26)22-14-17-8-5-12-29-17)20(27)18-15-30-21(24-18)23-16-6-3-2-4-7-16/h2-4,6-7,15,17H,5,8-14H2,1H3,(H,22,26)(H,23,24). The van der Waals surface area contributed by atoms with Crippen molar-refractivity contribution in [2.24, 2.45) is 0 Å². The van der Waals surface area contributed by atoms with Gasteiger partial charge in [0.25, 0.3) is 5.91 Å². The minimum atomic E-state index is -0.212. The number of nitrogens with zero attached hydrogens (tertiary/aromatic N) is 2. The fourth-order valence-electron chi connectivity index (χ4n) is 3.11. The lowest BCUT2D eigenvalue weighted by Gasteiger charge is -2.21. The van der Waals surface area contributed by atoms with Crippen LogP contribution in [0.3, 0.4) is 0 Å². The van der Waals surface area contributed by atoms with E-state index in [0.29, 0.717) is 37.1 Å². The first-order valence-corrected chi connectivity index (χ1v) is 11.0. The van der Waals surface area contributed by atoms with Crippen molar-refractivity contribution in [3.63, 3.8) is 0 Å². The average molecular weight is 433 g/mol. The Hall–Kier alpha value is -2.49. The molecule has 0 bridgehead atoms. The number of methoxy groups -OCH3 is 1. The molecule has 1 aliphatic heterocycles. The van der Waals surface area contributed by atoms with Crippen LogP contribution in [0.2, 0.25) is 0 Å². The van der Waals surface area contributed by atoms with Crippen LogP contribution in [0.15, 0.2) is 35.7 Å². The minimum Gasteiger partial charge on any atom is -0.383 e. The van der Waals surface area contributed by atoms with Crippen molar-refractivity contribution in [1.29, 1.82) is 0 Å². The van der Waals surface area contributed by atoms with E-state index >= 15 is 0 Å². The maximum Gasteiger partial charge on any atom is 0.273 e. The predicted octanol–water partition coefficient (Wildman–Crippen LogP) is 2.66. The second kappa shape index (κ2) is 11.6. The third kappa shape index (κ3) is 6.79. The van der Waals surface area contributed by atoms with Gasteiger partial charge in [0, 0.05) is 50.8 Å². The van der Waals surface area contributed by atoms with E-state index in [1.54, 1.807) is 17.4 Å². The molecule has 1 atom stereocenters. The van der Waals surface area contributed by atoms with E-state index in [0.717, 1.165) is 25.1 Å². The third-order valence-electron chi connectivity index (χ3n) is 4.76. The first-order valence-electron chi connectivity index (χ1n) is 10.1. The molecule has 3 rings (SSSR count). The number of nitrogens with one attached hydrogen (secondary N) is 2. The van der Waals surface area contributed by atoms with E-state index in [-0.39, 0.29) is 24.3 Å². The van der Waals surface area contributed by atoms with Crippen LogP contribution in [-0.2, 0) is 14.3 Å². The van der Waals surface area contributed by atoms with Gasteiger partial charge in [0.05, 0.1) is 12.7 Å². The quantitative estimate of drug-likeness (QED) is 0.567. The molecule has 1 aromatic heterocycles. The smallest absolute Gasteiger partial charge is 0.273 e. The maximum absolute atomic E-state index is 12.9. The van der Waals surface area contributed by atoms with Crippen LogP contribution < -0.4 is 10.6 Å². The monoisotopic (exact) mass is 432 g/mol. The molecular weight excluding hydrogens is 404 g/mol. The highest BCUT2D eigenvalue weighted by atomic mass is 32.1. The molecule has 8 nitrogen and oxygen atoms in total. The minimum absolute atomic E-state index is 0.0922. The molecule has 0 aliphatic carbocycles. The molecule has 9 heteroatoms. The molecule has 2 heterocycles. The Labute approximate surface area is 180 Å². The summed E-state index contributed by atoms with van der Waals surface area (Å²) in [5.74, 6) is -0.304. The second-order valence-corrected chi connectivity index (χ2v) is 7.86. The largest absolute Gasteiger partial charge is 0.383 e. The van der Waals surface area contributed by atoms with E-state index in [4.69, 9.17) is 9.47 Å². The molecule has 0 radical (unpaired) electrons. The van der Waals surface area contributed by atoms with Gasteiger partial charge in [-0.1, -0.05) is 18.2 Å². The van der Waals surface area contributed by atoms with Crippen LogP contribution in [-0.4, -0.2) is 67.8 Å². The van der Waals surface area contributed by atoms with Crippen molar-refractivity contribution < 1.29 is 19.1 Å². The number of hydrogen-bond acceptors (Lipinski definition) is 7. The third-order valence-corrected chi connectivity index (χ3v) is 5.52. The van der Waals surface area contributed by atoms with Crippen LogP contribution >= 0.6 is 11.3 Å². The topological polar surface area (TPSA) is 92.8 Å².